The zero-order chi connectivity index (χ0) is 14.0. The highest BCUT2D eigenvalue weighted by molar-refractivity contribution is 5.97. The molecule has 2 rings (SSSR count). The third kappa shape index (κ3) is 2.82. The van der Waals surface area contributed by atoms with Crippen LogP contribution in [0.5, 0.6) is 0 Å². The van der Waals surface area contributed by atoms with Gasteiger partial charge in [0.25, 0.3) is 5.69 Å². The molecule has 1 aromatic carbocycles. The molecule has 102 valence electrons. The molecule has 1 atom stereocenters. The number of nitrogens with zero attached hydrogens (tertiary/aromatic N) is 1. The van der Waals surface area contributed by atoms with Crippen LogP contribution in [0.1, 0.15) is 22.3 Å². The molecule has 1 aliphatic rings. The number of hydrogen-bond donors (Lipinski definition) is 1. The van der Waals surface area contributed by atoms with E-state index in [1.54, 1.807) is 6.92 Å². The molecule has 1 unspecified atom stereocenters. The number of esters is 1. The molecule has 1 fully saturated rings. The van der Waals surface area contributed by atoms with Crippen LogP contribution in [0.25, 0.3) is 0 Å². The Morgan fingerprint density at radius 1 is 1.58 bits per heavy atom. The summed E-state index contributed by atoms with van der Waals surface area (Å²) >= 11 is 0. The highest BCUT2D eigenvalue weighted by Gasteiger charge is 2.25. The lowest BCUT2D eigenvalue weighted by atomic mass is 10.1. The van der Waals surface area contributed by atoms with E-state index in [1.165, 1.54) is 12.1 Å². The molecular formula is C12H14N2O5. The lowest BCUT2D eigenvalue weighted by Gasteiger charge is -2.12. The molecule has 1 aliphatic heterocycles. The summed E-state index contributed by atoms with van der Waals surface area (Å²) in [5, 5.41) is 10.8. The molecule has 0 aliphatic carbocycles. The zero-order valence-corrected chi connectivity index (χ0v) is 10.4. The largest absolute Gasteiger partial charge is 0.456 e. The lowest BCUT2D eigenvalue weighted by molar-refractivity contribution is -0.384. The third-order valence-corrected chi connectivity index (χ3v) is 2.88. The fraction of sp³-hybridized carbons (Fsp3) is 0.417. The van der Waals surface area contributed by atoms with Gasteiger partial charge in [0.1, 0.15) is 11.8 Å². The van der Waals surface area contributed by atoms with Crippen LogP contribution in [-0.4, -0.2) is 30.2 Å². The summed E-state index contributed by atoms with van der Waals surface area (Å²) < 4.78 is 10.3. The number of nitrogen functional groups attached to an aromatic ring is 1. The molecule has 0 radical (unpaired) electrons. The van der Waals surface area contributed by atoms with Gasteiger partial charge in [-0.15, -0.1) is 0 Å². The molecule has 1 saturated heterocycles. The molecule has 7 heteroatoms. The van der Waals surface area contributed by atoms with Crippen LogP contribution in [-0.2, 0) is 9.47 Å². The van der Waals surface area contributed by atoms with Crippen LogP contribution < -0.4 is 5.73 Å². The Morgan fingerprint density at radius 2 is 2.32 bits per heavy atom. The van der Waals surface area contributed by atoms with Crippen LogP contribution in [0, 0.1) is 17.0 Å². The Balaban J connectivity index is 2.27. The summed E-state index contributed by atoms with van der Waals surface area (Å²) in [6, 6.07) is 2.81. The summed E-state index contributed by atoms with van der Waals surface area (Å²) in [7, 11) is 0. The first-order valence-corrected chi connectivity index (χ1v) is 5.82. The van der Waals surface area contributed by atoms with Crippen molar-refractivity contribution in [2.45, 2.75) is 19.4 Å². The maximum absolute atomic E-state index is 12.0. The van der Waals surface area contributed by atoms with Crippen LogP contribution in [0.3, 0.4) is 0 Å². The molecule has 0 saturated carbocycles. The highest BCUT2D eigenvalue weighted by atomic mass is 16.6. The van der Waals surface area contributed by atoms with Gasteiger partial charge in [-0.1, -0.05) is 0 Å². The van der Waals surface area contributed by atoms with Crippen molar-refractivity contribution in [2.24, 2.45) is 0 Å². The number of hydrogen-bond acceptors (Lipinski definition) is 6. The fourth-order valence-electron chi connectivity index (χ4n) is 1.92. The van der Waals surface area contributed by atoms with Gasteiger partial charge in [0.05, 0.1) is 23.7 Å². The number of anilines is 1. The Hall–Kier alpha value is -2.15. The van der Waals surface area contributed by atoms with Gasteiger partial charge >= 0.3 is 5.97 Å². The van der Waals surface area contributed by atoms with Gasteiger partial charge in [0, 0.05) is 12.5 Å². The van der Waals surface area contributed by atoms with E-state index < -0.39 is 10.9 Å². The van der Waals surface area contributed by atoms with Crippen molar-refractivity contribution in [2.75, 3.05) is 18.9 Å². The normalized spacial score (nSPS) is 18.3. The Bertz CT molecular complexity index is 523. The summed E-state index contributed by atoms with van der Waals surface area (Å²) in [4.78, 5) is 22.2. The second-order valence-corrected chi connectivity index (χ2v) is 4.39. The second kappa shape index (κ2) is 5.23. The van der Waals surface area contributed by atoms with Crippen molar-refractivity contribution in [3.05, 3.63) is 33.4 Å². The molecule has 0 aromatic heterocycles. The van der Waals surface area contributed by atoms with Gasteiger partial charge in [-0.05, 0) is 18.6 Å². The van der Waals surface area contributed by atoms with Crippen LogP contribution >= 0.6 is 0 Å². The molecule has 1 heterocycles. The van der Waals surface area contributed by atoms with Gasteiger partial charge < -0.3 is 15.2 Å². The number of rotatable bonds is 3. The number of nitrogens with two attached hydrogens (primary N) is 1. The van der Waals surface area contributed by atoms with Crippen molar-refractivity contribution in [1.82, 2.24) is 0 Å². The molecule has 0 amide bonds. The van der Waals surface area contributed by atoms with Crippen molar-refractivity contribution in [1.29, 1.82) is 0 Å². The maximum atomic E-state index is 12.0. The van der Waals surface area contributed by atoms with E-state index in [1.807, 2.05) is 0 Å². The molecule has 19 heavy (non-hydrogen) atoms. The average Bonchev–Trinajstić information content (AvgIpc) is 2.84. The fourth-order valence-corrected chi connectivity index (χ4v) is 1.92. The molecular weight excluding hydrogens is 252 g/mol. The molecule has 7 nitrogen and oxygen atoms in total. The van der Waals surface area contributed by atoms with E-state index in [2.05, 4.69) is 0 Å². The number of nitro benzene ring substituents is 1. The predicted molar refractivity (Wildman–Crippen MR) is 66.9 cm³/mol. The van der Waals surface area contributed by atoms with Gasteiger partial charge in [0.15, 0.2) is 0 Å². The third-order valence-electron chi connectivity index (χ3n) is 2.88. The first kappa shape index (κ1) is 13.3. The quantitative estimate of drug-likeness (QED) is 0.384. The van der Waals surface area contributed by atoms with Crippen LogP contribution in [0.2, 0.25) is 0 Å². The molecule has 0 spiro atoms. The first-order valence-electron chi connectivity index (χ1n) is 5.82. The average molecular weight is 266 g/mol. The Labute approximate surface area is 109 Å². The van der Waals surface area contributed by atoms with E-state index in [0.29, 0.717) is 25.2 Å². The van der Waals surface area contributed by atoms with Gasteiger partial charge in [-0.3, -0.25) is 10.1 Å². The van der Waals surface area contributed by atoms with E-state index in [-0.39, 0.29) is 23.0 Å². The van der Waals surface area contributed by atoms with Crippen LogP contribution in [0.15, 0.2) is 12.1 Å². The van der Waals surface area contributed by atoms with E-state index in [4.69, 9.17) is 15.2 Å². The Kier molecular flexibility index (Phi) is 3.66. The number of aryl methyl sites for hydroxylation is 1. The number of benzene rings is 1. The molecule has 0 bridgehead atoms. The monoisotopic (exact) mass is 266 g/mol. The van der Waals surface area contributed by atoms with E-state index >= 15 is 0 Å². The van der Waals surface area contributed by atoms with Crippen molar-refractivity contribution >= 4 is 17.3 Å². The smallest absolute Gasteiger partial charge is 0.340 e. The summed E-state index contributed by atoms with van der Waals surface area (Å²) in [6.07, 6.45) is 0.311. The van der Waals surface area contributed by atoms with Crippen molar-refractivity contribution in [3.63, 3.8) is 0 Å². The number of carbonyl (C=O) groups excluding carboxylic acids is 1. The summed E-state index contributed by atoms with van der Waals surface area (Å²) in [5.41, 5.74) is 5.81. The molecule has 1 aromatic rings. The standard InChI is InChI=1S/C12H14N2O5/c1-7-4-9(11(13)10(5-7)14(16)17)12(15)19-8-2-3-18-6-8/h4-5,8H,2-3,6,13H2,1H3. The summed E-state index contributed by atoms with van der Waals surface area (Å²) in [5.74, 6) is -0.653. The van der Waals surface area contributed by atoms with Gasteiger partial charge in [0.2, 0.25) is 0 Å². The minimum Gasteiger partial charge on any atom is -0.456 e. The number of carbonyl (C=O) groups is 1. The van der Waals surface area contributed by atoms with Gasteiger partial charge in [-0.25, -0.2) is 4.79 Å². The number of ether oxygens (including phenoxy) is 2. The van der Waals surface area contributed by atoms with Gasteiger partial charge in [-0.2, -0.15) is 0 Å². The van der Waals surface area contributed by atoms with Crippen molar-refractivity contribution in [3.8, 4) is 0 Å². The topological polar surface area (TPSA) is 105 Å². The lowest BCUT2D eigenvalue weighted by Crippen LogP contribution is -2.19. The van der Waals surface area contributed by atoms with Crippen molar-refractivity contribution < 1.29 is 19.2 Å². The first-order chi connectivity index (χ1) is 8.99. The Morgan fingerprint density at radius 3 is 2.89 bits per heavy atom. The minimum absolute atomic E-state index is 0.0265. The van der Waals surface area contributed by atoms with E-state index in [0.717, 1.165) is 0 Å². The SMILES string of the molecule is Cc1cc(C(=O)OC2CCOC2)c(N)c([N+](=O)[O-])c1. The minimum atomic E-state index is -0.653. The van der Waals surface area contributed by atoms with Crippen LogP contribution in [0.4, 0.5) is 11.4 Å². The highest BCUT2D eigenvalue weighted by Crippen LogP contribution is 2.28. The predicted octanol–water partition coefficient (Wildman–Crippen LogP) is 1.43. The second-order valence-electron chi connectivity index (χ2n) is 4.39. The van der Waals surface area contributed by atoms with E-state index in [9.17, 15) is 14.9 Å². The molecule has 2 N–H and O–H groups in total. The maximum Gasteiger partial charge on any atom is 0.340 e. The number of nitro groups is 1. The zero-order valence-electron chi connectivity index (χ0n) is 10.4. The summed E-state index contributed by atoms with van der Waals surface area (Å²) in [6.45, 7) is 2.54.